The van der Waals surface area contributed by atoms with E-state index in [2.05, 4.69) is 36.9 Å². The summed E-state index contributed by atoms with van der Waals surface area (Å²) >= 11 is 14.5. The molecule has 0 bridgehead atoms. The molecule has 0 aliphatic carbocycles. The van der Waals surface area contributed by atoms with Crippen LogP contribution in [0.3, 0.4) is 0 Å². The second-order valence-electron chi connectivity index (χ2n) is 17.5. The maximum atomic E-state index is 13.7. The third-order valence-corrected chi connectivity index (χ3v) is 15.5. The number of aromatic nitrogens is 4. The van der Waals surface area contributed by atoms with Crippen molar-refractivity contribution in [1.82, 2.24) is 29.7 Å². The highest BCUT2D eigenvalue weighted by Gasteiger charge is 2.36. The van der Waals surface area contributed by atoms with Crippen molar-refractivity contribution in [3.05, 3.63) is 154 Å². The lowest BCUT2D eigenvalue weighted by Crippen LogP contribution is -2.51. The summed E-state index contributed by atoms with van der Waals surface area (Å²) in [6, 6.07) is 34.5. The summed E-state index contributed by atoms with van der Waals surface area (Å²) in [5, 5.41) is 2.01. The summed E-state index contributed by atoms with van der Waals surface area (Å²) in [7, 11) is -1.42. The number of carbonyl (C=O) groups is 2. The van der Waals surface area contributed by atoms with E-state index in [9.17, 15) is 13.8 Å². The van der Waals surface area contributed by atoms with E-state index in [1.165, 1.54) is 44.1 Å². The van der Waals surface area contributed by atoms with Crippen LogP contribution in [0.15, 0.2) is 132 Å². The van der Waals surface area contributed by atoms with Crippen molar-refractivity contribution in [2.24, 2.45) is 0 Å². The first kappa shape index (κ1) is 48.6. The molecule has 0 saturated carbocycles. The minimum absolute atomic E-state index is 0.0877. The van der Waals surface area contributed by atoms with Crippen LogP contribution in [0.25, 0.3) is 0 Å². The molecule has 4 aliphatic rings. The van der Waals surface area contributed by atoms with E-state index in [-0.39, 0.29) is 17.2 Å². The van der Waals surface area contributed by atoms with Crippen molar-refractivity contribution >= 4 is 80.8 Å². The Morgan fingerprint density at radius 3 is 1.52 bits per heavy atom. The highest BCUT2D eigenvalue weighted by molar-refractivity contribution is 7.98. The van der Waals surface area contributed by atoms with Gasteiger partial charge in [-0.25, -0.2) is 29.5 Å². The summed E-state index contributed by atoms with van der Waals surface area (Å²) in [4.78, 5) is 57.7. The normalized spacial score (nSPS) is 17.0. The number of anilines is 4. The van der Waals surface area contributed by atoms with Crippen LogP contribution in [0.4, 0.5) is 32.6 Å². The standard InChI is InChI=1S/C26H28ClN5O2S.C26H28ClN5OS/c27-22-11-5-6-12-23(22)32-18-21-17-28-25(35(34)19-20-9-3-1-4-10-20)29-24(21)31(26(32)33)16-15-30-13-7-2-8-14-30;27-22-11-5-6-12-23(22)32-18-21-17-28-25(34-19-20-9-3-1-4-10-20)29-24(21)31(26(32)33)16-15-30-13-7-2-8-14-30/h1,3-6,9-12,17H,2,7-8,13-16,18-19H2;1,3-6,9-12,17H,2,7-8,13-16,18-19H2. The number of halogens is 2. The Kier molecular flexibility index (Phi) is 16.5. The van der Waals surface area contributed by atoms with E-state index >= 15 is 0 Å². The molecule has 0 radical (unpaired) electrons. The zero-order valence-corrected chi connectivity index (χ0v) is 41.7. The molecule has 13 nitrogen and oxygen atoms in total. The number of amides is 4. The SMILES string of the molecule is O=C1N(c2ccccc2Cl)Cc2cnc(S(=O)Cc3ccccc3)nc2N1CCN1CCCCC1.O=C1N(c2ccccc2Cl)Cc2cnc(SCc3ccccc3)nc2N1CCN1CCCCC1. The number of urea groups is 2. The Labute approximate surface area is 421 Å². The van der Waals surface area contributed by atoms with Crippen LogP contribution in [0.2, 0.25) is 10.0 Å². The second kappa shape index (κ2) is 23.5. The number of likely N-dealkylation sites (tertiary alicyclic amines) is 2. The molecule has 6 heterocycles. The van der Waals surface area contributed by atoms with Crippen molar-refractivity contribution in [2.75, 3.05) is 72.0 Å². The number of para-hydroxylation sites is 2. The van der Waals surface area contributed by atoms with E-state index in [0.717, 1.165) is 67.5 Å². The van der Waals surface area contributed by atoms with E-state index < -0.39 is 10.8 Å². The van der Waals surface area contributed by atoms with Crippen molar-refractivity contribution < 1.29 is 13.8 Å². The lowest BCUT2D eigenvalue weighted by molar-refractivity contribution is 0.227. The smallest absolute Gasteiger partial charge is 0.302 e. The second-order valence-corrected chi connectivity index (χ2v) is 20.6. The Balaban J connectivity index is 0.000000172. The molecule has 17 heteroatoms. The van der Waals surface area contributed by atoms with E-state index in [1.54, 1.807) is 38.7 Å². The first-order chi connectivity index (χ1) is 33.8. The maximum Gasteiger partial charge on any atom is 0.330 e. The third-order valence-electron chi connectivity index (χ3n) is 12.7. The Bertz CT molecular complexity index is 2730. The number of piperidine rings is 2. The molecule has 4 aromatic carbocycles. The molecule has 2 saturated heterocycles. The van der Waals surface area contributed by atoms with Gasteiger partial charge in [0.1, 0.15) is 11.6 Å². The molecule has 1 atom stereocenters. The molecule has 4 aliphatic heterocycles. The van der Waals surface area contributed by atoms with Gasteiger partial charge in [0, 0.05) is 55.5 Å². The summed E-state index contributed by atoms with van der Waals surface area (Å²) < 4.78 is 13.1. The molecule has 4 amide bonds. The molecule has 69 heavy (non-hydrogen) atoms. The molecule has 10 rings (SSSR count). The topological polar surface area (TPSA) is 122 Å². The van der Waals surface area contributed by atoms with Crippen molar-refractivity contribution in [2.45, 2.75) is 73.4 Å². The largest absolute Gasteiger partial charge is 0.330 e. The first-order valence-corrected chi connectivity index (χ1v) is 26.8. The van der Waals surface area contributed by atoms with Crippen LogP contribution >= 0.6 is 35.0 Å². The van der Waals surface area contributed by atoms with E-state index in [0.29, 0.717) is 64.3 Å². The monoisotopic (exact) mass is 1000 g/mol. The van der Waals surface area contributed by atoms with Crippen LogP contribution in [0.1, 0.15) is 60.8 Å². The zero-order valence-electron chi connectivity index (χ0n) is 38.5. The molecule has 2 aromatic heterocycles. The van der Waals surface area contributed by atoms with Crippen molar-refractivity contribution in [3.63, 3.8) is 0 Å². The molecule has 358 valence electrons. The number of fused-ring (bicyclic) bond motifs is 2. The maximum absolute atomic E-state index is 13.7. The number of carbonyl (C=O) groups excluding carboxylic acids is 2. The minimum Gasteiger partial charge on any atom is -0.302 e. The van der Waals surface area contributed by atoms with Gasteiger partial charge in [0.2, 0.25) is 5.16 Å². The third kappa shape index (κ3) is 12.1. The highest BCUT2D eigenvalue weighted by Crippen LogP contribution is 2.36. The van der Waals surface area contributed by atoms with Crippen molar-refractivity contribution in [1.29, 1.82) is 0 Å². The molecular weight excluding hydrogens is 948 g/mol. The van der Waals surface area contributed by atoms with Crippen LogP contribution in [0.5, 0.6) is 0 Å². The average Bonchev–Trinajstić information content (AvgIpc) is 3.39. The predicted octanol–water partition coefficient (Wildman–Crippen LogP) is 10.7. The van der Waals surface area contributed by atoms with Crippen LogP contribution in [-0.2, 0) is 35.4 Å². The van der Waals surface area contributed by atoms with Crippen molar-refractivity contribution in [3.8, 4) is 0 Å². The fourth-order valence-electron chi connectivity index (χ4n) is 9.06. The Morgan fingerprint density at radius 1 is 0.536 bits per heavy atom. The molecule has 1 unspecified atom stereocenters. The fraction of sp³-hybridized carbons (Fsp3) is 0.346. The van der Waals surface area contributed by atoms with Gasteiger partial charge in [-0.3, -0.25) is 23.8 Å². The van der Waals surface area contributed by atoms with Gasteiger partial charge in [-0.05, 0) is 87.3 Å². The summed E-state index contributed by atoms with van der Waals surface area (Å²) in [6.45, 7) is 7.65. The lowest BCUT2D eigenvalue weighted by atomic mass is 10.1. The number of rotatable bonds is 14. The van der Waals surface area contributed by atoms with Gasteiger partial charge in [0.05, 0.1) is 51.1 Å². The number of thioether (sulfide) groups is 1. The number of hydrogen-bond donors (Lipinski definition) is 0. The quantitative estimate of drug-likeness (QED) is 0.0770. The number of hydrogen-bond acceptors (Lipinski definition) is 10. The zero-order chi connectivity index (χ0) is 47.5. The van der Waals surface area contributed by atoms with Crippen LogP contribution in [0, 0.1) is 0 Å². The van der Waals surface area contributed by atoms with Gasteiger partial charge in [-0.1, -0.05) is 133 Å². The van der Waals surface area contributed by atoms with Gasteiger partial charge in [-0.2, -0.15) is 0 Å². The molecule has 0 N–H and O–H groups in total. The van der Waals surface area contributed by atoms with Gasteiger partial charge < -0.3 is 9.80 Å². The summed E-state index contributed by atoms with van der Waals surface area (Å²) in [5.41, 5.74) is 5.28. The molecule has 0 spiro atoms. The predicted molar refractivity (Wildman–Crippen MR) is 278 cm³/mol. The Hall–Kier alpha value is -5.42. The fourth-order valence-corrected chi connectivity index (χ4v) is 11.3. The van der Waals surface area contributed by atoms with E-state index in [4.69, 9.17) is 28.2 Å². The molecule has 2 fully saturated rings. The molecular formula is C52H56Cl2N10O3S2. The minimum atomic E-state index is -1.42. The summed E-state index contributed by atoms with van der Waals surface area (Å²) in [5.74, 6) is 2.37. The number of nitrogens with zero attached hydrogens (tertiary/aromatic N) is 10. The summed E-state index contributed by atoms with van der Waals surface area (Å²) in [6.07, 6.45) is 10.9. The lowest BCUT2D eigenvalue weighted by Gasteiger charge is -2.37. The van der Waals surface area contributed by atoms with Gasteiger partial charge in [0.25, 0.3) is 0 Å². The van der Waals surface area contributed by atoms with Gasteiger partial charge >= 0.3 is 12.1 Å². The first-order valence-electron chi connectivity index (χ1n) is 23.7. The van der Waals surface area contributed by atoms with Gasteiger partial charge in [0.15, 0.2) is 5.16 Å². The van der Waals surface area contributed by atoms with E-state index in [1.807, 2.05) is 102 Å². The van der Waals surface area contributed by atoms with Crippen LogP contribution < -0.4 is 19.6 Å². The van der Waals surface area contributed by atoms with Crippen LogP contribution in [-0.4, -0.2) is 98.4 Å². The Morgan fingerprint density at radius 2 is 1.00 bits per heavy atom. The van der Waals surface area contributed by atoms with Gasteiger partial charge in [-0.15, -0.1) is 0 Å². The number of benzene rings is 4. The average molecular weight is 1000 g/mol. The molecule has 6 aromatic rings. The highest BCUT2D eigenvalue weighted by atomic mass is 35.5.